The molecule has 152 valence electrons. The highest BCUT2D eigenvalue weighted by Gasteiger charge is 2.60. The minimum atomic E-state index is -0.962. The molecule has 4 unspecified atom stereocenters. The number of ether oxygens (including phenoxy) is 3. The van der Waals surface area contributed by atoms with Gasteiger partial charge >= 0.3 is 18.0 Å². The van der Waals surface area contributed by atoms with Crippen LogP contribution in [0.25, 0.3) is 0 Å². The van der Waals surface area contributed by atoms with E-state index in [1.165, 1.54) is 7.11 Å². The zero-order valence-electron chi connectivity index (χ0n) is 16.4. The van der Waals surface area contributed by atoms with Crippen LogP contribution in [0.2, 0.25) is 0 Å². The molecule has 4 atom stereocenters. The first-order valence-electron chi connectivity index (χ1n) is 9.00. The number of carbonyl (C=O) groups excluding carboxylic acids is 3. The summed E-state index contributed by atoms with van der Waals surface area (Å²) in [6.07, 6.45) is -0.737. The van der Waals surface area contributed by atoms with Crippen molar-refractivity contribution in [2.24, 2.45) is 5.10 Å². The van der Waals surface area contributed by atoms with Crippen molar-refractivity contribution < 1.29 is 28.6 Å². The standard InChI is InChI=1S/C19H25N3O6/c1-5-27-18(24)14(12(3)20-21-19(25)28-6-2)22-15(16(22)17(23)26-4)13-10-8-7-9-11-13/h7-11,14-16H,5-6H2,1-4H3,(H,21,25)/b20-12+. The largest absolute Gasteiger partial charge is 0.468 e. The van der Waals surface area contributed by atoms with Gasteiger partial charge in [0.2, 0.25) is 0 Å². The van der Waals surface area contributed by atoms with E-state index in [1.807, 2.05) is 30.3 Å². The predicted molar refractivity (Wildman–Crippen MR) is 101 cm³/mol. The molecular formula is C19H25N3O6. The summed E-state index contributed by atoms with van der Waals surface area (Å²) in [6.45, 7) is 5.28. The first-order chi connectivity index (χ1) is 13.5. The van der Waals surface area contributed by atoms with Crippen LogP contribution in [0, 0.1) is 0 Å². The van der Waals surface area contributed by atoms with Gasteiger partial charge in [0.25, 0.3) is 0 Å². The van der Waals surface area contributed by atoms with Crippen LogP contribution in [0.3, 0.4) is 0 Å². The average Bonchev–Trinajstić information content (AvgIpc) is 3.42. The summed E-state index contributed by atoms with van der Waals surface area (Å²) in [7, 11) is 1.30. The second kappa shape index (κ2) is 9.84. The maximum absolute atomic E-state index is 12.6. The highest BCUT2D eigenvalue weighted by Crippen LogP contribution is 2.46. The number of amides is 1. The molecule has 0 aromatic heterocycles. The number of hydrogen-bond donors (Lipinski definition) is 1. The van der Waals surface area contributed by atoms with Gasteiger partial charge in [0, 0.05) is 0 Å². The van der Waals surface area contributed by atoms with E-state index in [0.29, 0.717) is 0 Å². The Morgan fingerprint density at radius 3 is 2.36 bits per heavy atom. The third-order valence-corrected chi connectivity index (χ3v) is 4.24. The molecule has 1 heterocycles. The van der Waals surface area contributed by atoms with Gasteiger partial charge in [0.05, 0.1) is 32.1 Å². The second-order valence-electron chi connectivity index (χ2n) is 6.01. The van der Waals surface area contributed by atoms with Crippen molar-refractivity contribution in [3.8, 4) is 0 Å². The maximum atomic E-state index is 12.6. The molecule has 1 saturated heterocycles. The summed E-state index contributed by atoms with van der Waals surface area (Å²) in [5.74, 6) is -1.03. The van der Waals surface area contributed by atoms with Crippen LogP contribution >= 0.6 is 0 Å². The molecule has 2 rings (SSSR count). The van der Waals surface area contributed by atoms with Gasteiger partial charge in [0.1, 0.15) is 12.1 Å². The molecule has 9 heteroatoms. The van der Waals surface area contributed by atoms with Gasteiger partial charge in [-0.05, 0) is 26.3 Å². The lowest BCUT2D eigenvalue weighted by Crippen LogP contribution is -2.40. The summed E-state index contributed by atoms with van der Waals surface area (Å²) < 4.78 is 14.8. The number of carbonyl (C=O) groups is 3. The van der Waals surface area contributed by atoms with E-state index < -0.39 is 30.1 Å². The van der Waals surface area contributed by atoms with Crippen LogP contribution in [0.4, 0.5) is 4.79 Å². The first kappa shape index (κ1) is 21.4. The van der Waals surface area contributed by atoms with Gasteiger partial charge in [-0.15, -0.1) is 0 Å². The molecule has 1 N–H and O–H groups in total. The zero-order valence-corrected chi connectivity index (χ0v) is 16.4. The Bertz CT molecular complexity index is 736. The molecule has 0 spiro atoms. The van der Waals surface area contributed by atoms with Crippen molar-refractivity contribution in [3.05, 3.63) is 35.9 Å². The van der Waals surface area contributed by atoms with Gasteiger partial charge in [-0.2, -0.15) is 5.10 Å². The van der Waals surface area contributed by atoms with Crippen LogP contribution < -0.4 is 5.43 Å². The van der Waals surface area contributed by atoms with Crippen LogP contribution in [-0.4, -0.2) is 61.1 Å². The Balaban J connectivity index is 2.33. The van der Waals surface area contributed by atoms with E-state index >= 15 is 0 Å². The summed E-state index contributed by atoms with van der Waals surface area (Å²) >= 11 is 0. The molecule has 0 aliphatic carbocycles. The van der Waals surface area contributed by atoms with E-state index in [0.717, 1.165) is 5.56 Å². The Morgan fingerprint density at radius 2 is 1.79 bits per heavy atom. The number of rotatable bonds is 8. The topological polar surface area (TPSA) is 106 Å². The van der Waals surface area contributed by atoms with Crippen LogP contribution in [0.1, 0.15) is 32.4 Å². The first-order valence-corrected chi connectivity index (χ1v) is 9.00. The molecule has 1 aliphatic rings. The molecular weight excluding hydrogens is 366 g/mol. The number of esters is 2. The summed E-state index contributed by atoms with van der Waals surface area (Å²) in [4.78, 5) is 38.1. The molecule has 0 bridgehead atoms. The van der Waals surface area contributed by atoms with Gasteiger partial charge < -0.3 is 14.2 Å². The molecule has 28 heavy (non-hydrogen) atoms. The Kier molecular flexibility index (Phi) is 7.51. The summed E-state index contributed by atoms with van der Waals surface area (Å²) in [6, 6.07) is 7.31. The maximum Gasteiger partial charge on any atom is 0.427 e. The van der Waals surface area contributed by atoms with E-state index in [9.17, 15) is 14.4 Å². The minimum absolute atomic E-state index is 0.167. The van der Waals surface area contributed by atoms with E-state index in [-0.39, 0.29) is 25.0 Å². The lowest BCUT2D eigenvalue weighted by Gasteiger charge is -2.18. The molecule has 0 saturated carbocycles. The third-order valence-electron chi connectivity index (χ3n) is 4.24. The fourth-order valence-electron chi connectivity index (χ4n) is 3.03. The lowest BCUT2D eigenvalue weighted by atomic mass is 10.1. The predicted octanol–water partition coefficient (Wildman–Crippen LogP) is 1.64. The van der Waals surface area contributed by atoms with Gasteiger partial charge in [-0.1, -0.05) is 30.3 Å². The Morgan fingerprint density at radius 1 is 1.14 bits per heavy atom. The molecule has 1 fully saturated rings. The summed E-state index contributed by atoms with van der Waals surface area (Å²) in [5.41, 5.74) is 3.35. The van der Waals surface area contributed by atoms with E-state index in [4.69, 9.17) is 14.2 Å². The lowest BCUT2D eigenvalue weighted by molar-refractivity contribution is -0.146. The molecule has 1 aliphatic heterocycles. The number of hydrazone groups is 1. The smallest absolute Gasteiger partial charge is 0.427 e. The SMILES string of the molecule is CCOC(=O)N/N=C(\C)C(C(=O)OCC)N1C(C(=O)OC)C1c1ccccc1. The summed E-state index contributed by atoms with van der Waals surface area (Å²) in [5, 5.41) is 3.95. The second-order valence-corrected chi connectivity index (χ2v) is 6.01. The fourth-order valence-corrected chi connectivity index (χ4v) is 3.03. The van der Waals surface area contributed by atoms with Gasteiger partial charge in [-0.3, -0.25) is 9.69 Å². The third kappa shape index (κ3) is 4.86. The number of nitrogens with one attached hydrogen (secondary N) is 1. The van der Waals surface area contributed by atoms with Crippen LogP contribution in [0.15, 0.2) is 35.4 Å². The molecule has 9 nitrogen and oxygen atoms in total. The minimum Gasteiger partial charge on any atom is -0.468 e. The van der Waals surface area contributed by atoms with Crippen molar-refractivity contribution in [2.45, 2.75) is 38.9 Å². The average molecular weight is 391 g/mol. The number of nitrogens with zero attached hydrogens (tertiary/aromatic N) is 2. The van der Waals surface area contributed by atoms with E-state index in [1.54, 1.807) is 25.7 Å². The molecule has 1 aromatic carbocycles. The Hall–Kier alpha value is -2.94. The fraction of sp³-hybridized carbons (Fsp3) is 0.474. The van der Waals surface area contributed by atoms with Crippen LogP contribution in [-0.2, 0) is 23.8 Å². The monoisotopic (exact) mass is 391 g/mol. The Labute approximate surface area is 163 Å². The van der Waals surface area contributed by atoms with E-state index in [2.05, 4.69) is 10.5 Å². The number of methoxy groups -OCH3 is 1. The highest BCUT2D eigenvalue weighted by molar-refractivity contribution is 6.06. The van der Waals surface area contributed by atoms with Crippen molar-refractivity contribution in [1.29, 1.82) is 0 Å². The normalized spacial score (nSPS) is 22.0. The zero-order chi connectivity index (χ0) is 20.7. The number of hydrogen-bond acceptors (Lipinski definition) is 8. The number of benzene rings is 1. The quantitative estimate of drug-likeness (QED) is 0.236. The van der Waals surface area contributed by atoms with Crippen molar-refractivity contribution in [2.75, 3.05) is 20.3 Å². The van der Waals surface area contributed by atoms with Gasteiger partial charge in [-0.25, -0.2) is 15.0 Å². The highest BCUT2D eigenvalue weighted by atomic mass is 16.6. The van der Waals surface area contributed by atoms with Gasteiger partial charge in [0.15, 0.2) is 0 Å². The van der Waals surface area contributed by atoms with Crippen molar-refractivity contribution in [3.63, 3.8) is 0 Å². The van der Waals surface area contributed by atoms with Crippen molar-refractivity contribution >= 4 is 23.7 Å². The molecule has 1 amide bonds. The van der Waals surface area contributed by atoms with Crippen LogP contribution in [0.5, 0.6) is 0 Å². The van der Waals surface area contributed by atoms with Crippen molar-refractivity contribution in [1.82, 2.24) is 10.3 Å². The molecule has 0 radical (unpaired) electrons. The molecule has 1 aromatic rings.